The molecule has 2 aromatic carbocycles. The van der Waals surface area contributed by atoms with E-state index in [1.165, 1.54) is 9.99 Å². The van der Waals surface area contributed by atoms with Gasteiger partial charge in [-0.3, -0.25) is 4.79 Å². The first-order chi connectivity index (χ1) is 10.2. The van der Waals surface area contributed by atoms with E-state index in [1.54, 1.807) is 0 Å². The van der Waals surface area contributed by atoms with Crippen molar-refractivity contribution >= 4 is 37.5 Å². The third-order valence-electron chi connectivity index (χ3n) is 4.03. The van der Waals surface area contributed by atoms with E-state index in [9.17, 15) is 4.79 Å². The molecule has 3 nitrogen and oxygen atoms in total. The molecule has 0 saturated carbocycles. The summed E-state index contributed by atoms with van der Waals surface area (Å²) >= 11 is 2.70. The highest BCUT2D eigenvalue weighted by Gasteiger charge is 2.21. The Morgan fingerprint density at radius 3 is 2.67 bits per heavy atom. The molecule has 0 saturated heterocycles. The summed E-state index contributed by atoms with van der Waals surface area (Å²) in [5.74, 6) is 0.0187. The Balaban J connectivity index is 2.02. The molecule has 0 spiro atoms. The highest BCUT2D eigenvalue weighted by molar-refractivity contribution is 6.32. The number of H-pyrrole nitrogens is 1. The lowest BCUT2D eigenvalue weighted by Gasteiger charge is -2.04. The molecule has 21 heavy (non-hydrogen) atoms. The van der Waals surface area contributed by atoms with Gasteiger partial charge in [0, 0.05) is 28.7 Å². The fourth-order valence-electron chi connectivity index (χ4n) is 3.05. The minimum atomic E-state index is 0.0187. The average Bonchev–Trinajstić information content (AvgIpc) is 2.77. The van der Waals surface area contributed by atoms with Crippen molar-refractivity contribution in [3.8, 4) is 11.3 Å². The van der Waals surface area contributed by atoms with Crippen LogP contribution in [0.4, 0.5) is 0 Å². The first-order valence-electron chi connectivity index (χ1n) is 7.02. The maximum atomic E-state index is 12.2. The van der Waals surface area contributed by atoms with Gasteiger partial charge in [0.05, 0.1) is 0 Å². The molecule has 1 aliphatic heterocycles. The van der Waals surface area contributed by atoms with Gasteiger partial charge in [0.15, 0.2) is 16.3 Å². The second-order valence-corrected chi connectivity index (χ2v) is 6.00. The van der Waals surface area contributed by atoms with Crippen LogP contribution in [0.25, 0.3) is 22.2 Å². The quantitative estimate of drug-likeness (QED) is 0.660. The van der Waals surface area contributed by atoms with E-state index in [0.717, 1.165) is 34.1 Å². The van der Waals surface area contributed by atoms with Crippen molar-refractivity contribution < 1.29 is 4.79 Å². The summed E-state index contributed by atoms with van der Waals surface area (Å²) in [6, 6.07) is 14.3. The Morgan fingerprint density at radius 2 is 1.86 bits per heavy atom. The number of nitrogens with one attached hydrogen (secondary N) is 2. The smallest absolute Gasteiger partial charge is 0.251 e. The van der Waals surface area contributed by atoms with Crippen molar-refractivity contribution in [1.29, 1.82) is 0 Å². The van der Waals surface area contributed by atoms with Crippen LogP contribution >= 0.6 is 0 Å². The van der Waals surface area contributed by atoms with Gasteiger partial charge >= 0.3 is 0 Å². The second-order valence-electron chi connectivity index (χ2n) is 5.33. The number of rotatable bonds is 1. The fraction of sp³-hybridized carbons (Fsp3) is 0.118. The molecule has 0 fully saturated rings. The Bertz CT molecular complexity index is 849. The van der Waals surface area contributed by atoms with E-state index in [0.29, 0.717) is 6.54 Å². The van der Waals surface area contributed by atoms with Gasteiger partial charge in [-0.05, 0) is 29.7 Å². The SMILES string of the molecule is O=C1NCCc2c(-c3cc[c]([Al])cc3)[nH]c3cccc1c23. The maximum absolute atomic E-state index is 12.2. The molecule has 1 aromatic heterocycles. The van der Waals surface area contributed by atoms with Crippen LogP contribution in [0.2, 0.25) is 0 Å². The number of aromatic nitrogens is 1. The Kier molecular flexibility index (Phi) is 2.88. The number of carbonyl (C=O) groups is 1. The average molecular weight is 288 g/mol. The van der Waals surface area contributed by atoms with Crippen LogP contribution in [0.15, 0.2) is 42.5 Å². The summed E-state index contributed by atoms with van der Waals surface area (Å²) in [5, 5.41) is 4.04. The lowest BCUT2D eigenvalue weighted by molar-refractivity contribution is 0.0957. The van der Waals surface area contributed by atoms with Gasteiger partial charge in [0.25, 0.3) is 5.91 Å². The summed E-state index contributed by atoms with van der Waals surface area (Å²) in [6.45, 7) is 0.676. The lowest BCUT2D eigenvalue weighted by Crippen LogP contribution is -2.23. The summed E-state index contributed by atoms with van der Waals surface area (Å²) in [4.78, 5) is 15.6. The highest BCUT2D eigenvalue weighted by atomic mass is 27.0. The van der Waals surface area contributed by atoms with E-state index in [1.807, 2.05) is 18.2 Å². The van der Waals surface area contributed by atoms with Gasteiger partial charge in [0.2, 0.25) is 0 Å². The van der Waals surface area contributed by atoms with Gasteiger partial charge in [-0.1, -0.05) is 30.3 Å². The van der Waals surface area contributed by atoms with Crippen molar-refractivity contribution in [3.05, 3.63) is 53.6 Å². The summed E-state index contributed by atoms with van der Waals surface area (Å²) in [6.07, 6.45) is 0.848. The Labute approximate surface area is 130 Å². The standard InChI is InChI=1S/C17H13N2O.Al/c20-17-13-7-4-8-14-15(13)12(9-10-18-17)16(19-14)11-5-2-1-3-6-11;/h2-8,19H,9-10H2,(H,18,20);. The normalized spacial score (nSPS) is 14.0. The van der Waals surface area contributed by atoms with Crippen LogP contribution in [-0.4, -0.2) is 33.7 Å². The molecule has 2 N–H and O–H groups in total. The molecular weight excluding hydrogens is 275 g/mol. The zero-order valence-electron chi connectivity index (χ0n) is 11.4. The van der Waals surface area contributed by atoms with Gasteiger partial charge in [-0.25, -0.2) is 0 Å². The van der Waals surface area contributed by atoms with Crippen LogP contribution < -0.4 is 9.74 Å². The molecule has 1 amide bonds. The van der Waals surface area contributed by atoms with Gasteiger partial charge in [-0.15, -0.1) is 4.43 Å². The predicted molar refractivity (Wildman–Crippen MR) is 85.2 cm³/mol. The molecule has 3 aromatic rings. The second kappa shape index (κ2) is 4.77. The number of hydrogen-bond donors (Lipinski definition) is 2. The van der Waals surface area contributed by atoms with Crippen LogP contribution in [0.5, 0.6) is 0 Å². The molecule has 4 heteroatoms. The van der Waals surface area contributed by atoms with Gasteiger partial charge < -0.3 is 10.3 Å². The topological polar surface area (TPSA) is 44.9 Å². The molecule has 0 unspecified atom stereocenters. The zero-order chi connectivity index (χ0) is 14.4. The predicted octanol–water partition coefficient (Wildman–Crippen LogP) is 1.91. The van der Waals surface area contributed by atoms with E-state index < -0.39 is 0 Å². The number of hydrogen-bond acceptors (Lipinski definition) is 1. The van der Waals surface area contributed by atoms with E-state index in [4.69, 9.17) is 0 Å². The lowest BCUT2D eigenvalue weighted by atomic mass is 10.0. The molecule has 0 aliphatic carbocycles. The number of amides is 1. The van der Waals surface area contributed by atoms with E-state index in [2.05, 4.69) is 50.9 Å². The molecule has 100 valence electrons. The minimum Gasteiger partial charge on any atom is -0.354 e. The number of aromatic amines is 1. The minimum absolute atomic E-state index is 0.0187. The zero-order valence-corrected chi connectivity index (χ0v) is 12.6. The molecule has 2 radical (unpaired) electrons. The third-order valence-corrected chi connectivity index (χ3v) is 4.42. The third kappa shape index (κ3) is 2.00. The van der Waals surface area contributed by atoms with Crippen LogP contribution in [0, 0.1) is 0 Å². The van der Waals surface area contributed by atoms with E-state index in [-0.39, 0.29) is 5.91 Å². The molecule has 0 atom stereocenters. The Hall–Kier alpha value is -2.02. The summed E-state index contributed by atoms with van der Waals surface area (Å²) < 4.78 is 1.17. The van der Waals surface area contributed by atoms with E-state index >= 15 is 0 Å². The van der Waals surface area contributed by atoms with Crippen molar-refractivity contribution in [2.45, 2.75) is 6.42 Å². The molecule has 2 heterocycles. The molecule has 0 bridgehead atoms. The summed E-state index contributed by atoms with van der Waals surface area (Å²) in [5.41, 5.74) is 5.32. The van der Waals surface area contributed by atoms with Crippen LogP contribution in [0.1, 0.15) is 15.9 Å². The highest BCUT2D eigenvalue weighted by Crippen LogP contribution is 2.33. The largest absolute Gasteiger partial charge is 0.354 e. The number of benzene rings is 2. The van der Waals surface area contributed by atoms with Gasteiger partial charge in [0.1, 0.15) is 0 Å². The first-order valence-corrected chi connectivity index (χ1v) is 7.59. The monoisotopic (exact) mass is 288 g/mol. The van der Waals surface area contributed by atoms with Crippen molar-refractivity contribution in [2.24, 2.45) is 0 Å². The van der Waals surface area contributed by atoms with Gasteiger partial charge in [-0.2, -0.15) is 0 Å². The van der Waals surface area contributed by atoms with Crippen LogP contribution in [-0.2, 0) is 6.42 Å². The fourth-order valence-corrected chi connectivity index (χ4v) is 3.24. The molecular formula is C17H13AlN2O. The maximum Gasteiger partial charge on any atom is 0.251 e. The van der Waals surface area contributed by atoms with Crippen LogP contribution in [0.3, 0.4) is 0 Å². The number of carbonyl (C=O) groups excluding carboxylic acids is 1. The van der Waals surface area contributed by atoms with Crippen molar-refractivity contribution in [1.82, 2.24) is 10.3 Å². The molecule has 4 rings (SSSR count). The Morgan fingerprint density at radius 1 is 1.05 bits per heavy atom. The molecule has 1 aliphatic rings. The summed E-state index contributed by atoms with van der Waals surface area (Å²) in [7, 11) is 0. The first kappa shape index (κ1) is 12.7. The van der Waals surface area contributed by atoms with Crippen molar-refractivity contribution in [2.75, 3.05) is 6.54 Å². The van der Waals surface area contributed by atoms with Crippen molar-refractivity contribution in [3.63, 3.8) is 0 Å².